The van der Waals surface area contributed by atoms with E-state index in [0.717, 1.165) is 17.4 Å². The van der Waals surface area contributed by atoms with Crippen LogP contribution in [-0.2, 0) is 6.54 Å². The Kier molecular flexibility index (Phi) is 3.32. The van der Waals surface area contributed by atoms with E-state index in [1.165, 1.54) is 12.1 Å². The zero-order valence-electron chi connectivity index (χ0n) is 9.37. The lowest BCUT2D eigenvalue weighted by Gasteiger charge is -2.09. The van der Waals surface area contributed by atoms with Gasteiger partial charge in [-0.1, -0.05) is 6.07 Å². The number of hydrogen-bond donors (Lipinski definition) is 1. The lowest BCUT2D eigenvalue weighted by molar-refractivity contribution is 0.574. The summed E-state index contributed by atoms with van der Waals surface area (Å²) in [5, 5.41) is 3.06. The number of anilines is 1. The molecule has 0 bridgehead atoms. The van der Waals surface area contributed by atoms with Crippen molar-refractivity contribution in [3.8, 4) is 0 Å². The third-order valence-electron chi connectivity index (χ3n) is 2.49. The number of halogens is 2. The van der Waals surface area contributed by atoms with E-state index in [0.29, 0.717) is 12.1 Å². The number of rotatable bonds is 3. The summed E-state index contributed by atoms with van der Waals surface area (Å²) in [6.07, 6.45) is 1.69. The maximum absolute atomic E-state index is 13.4. The summed E-state index contributed by atoms with van der Waals surface area (Å²) in [7, 11) is 0. The van der Waals surface area contributed by atoms with E-state index in [9.17, 15) is 8.78 Å². The van der Waals surface area contributed by atoms with Gasteiger partial charge in [-0.15, -0.1) is 0 Å². The van der Waals surface area contributed by atoms with Crippen molar-refractivity contribution in [2.45, 2.75) is 13.5 Å². The van der Waals surface area contributed by atoms with Gasteiger partial charge in [0.15, 0.2) is 0 Å². The van der Waals surface area contributed by atoms with E-state index in [1.807, 2.05) is 13.0 Å². The van der Waals surface area contributed by atoms with E-state index in [4.69, 9.17) is 0 Å². The zero-order chi connectivity index (χ0) is 12.3. The Morgan fingerprint density at radius 2 is 2.06 bits per heavy atom. The number of nitrogens with one attached hydrogen (secondary N) is 1. The fourth-order valence-electron chi connectivity index (χ4n) is 1.53. The van der Waals surface area contributed by atoms with E-state index in [-0.39, 0.29) is 0 Å². The summed E-state index contributed by atoms with van der Waals surface area (Å²) in [4.78, 5) is 4.11. The molecule has 0 aliphatic heterocycles. The molecule has 0 saturated carbocycles. The Balaban J connectivity index is 2.10. The van der Waals surface area contributed by atoms with E-state index >= 15 is 0 Å². The quantitative estimate of drug-likeness (QED) is 0.881. The van der Waals surface area contributed by atoms with Gasteiger partial charge in [-0.25, -0.2) is 8.78 Å². The number of benzene rings is 1. The molecule has 88 valence electrons. The van der Waals surface area contributed by atoms with Crippen LogP contribution in [0.15, 0.2) is 36.5 Å². The smallest absolute Gasteiger partial charge is 0.131 e. The number of hydrogen-bond acceptors (Lipinski definition) is 2. The van der Waals surface area contributed by atoms with Gasteiger partial charge in [-0.05, 0) is 25.1 Å². The molecule has 0 aliphatic carbocycles. The van der Waals surface area contributed by atoms with Crippen molar-refractivity contribution in [1.82, 2.24) is 4.98 Å². The highest BCUT2D eigenvalue weighted by Gasteiger charge is 2.04. The second-order valence-corrected chi connectivity index (χ2v) is 3.73. The minimum Gasteiger partial charge on any atom is -0.379 e. The lowest BCUT2D eigenvalue weighted by Crippen LogP contribution is -2.04. The molecule has 0 radical (unpaired) electrons. The van der Waals surface area contributed by atoms with Gasteiger partial charge in [0.25, 0.3) is 0 Å². The van der Waals surface area contributed by atoms with Crippen LogP contribution in [0.5, 0.6) is 0 Å². The summed E-state index contributed by atoms with van der Waals surface area (Å²) < 4.78 is 26.1. The fraction of sp³-hybridized carbons (Fsp3) is 0.154. The highest BCUT2D eigenvalue weighted by molar-refractivity contribution is 5.47. The molecule has 0 atom stereocenters. The van der Waals surface area contributed by atoms with Gasteiger partial charge in [-0.3, -0.25) is 4.98 Å². The molecule has 0 amide bonds. The molecular formula is C13H12F2N2. The van der Waals surface area contributed by atoms with Crippen LogP contribution in [0.4, 0.5) is 14.5 Å². The molecule has 1 N–H and O–H groups in total. The first-order chi connectivity index (χ1) is 8.16. The maximum atomic E-state index is 13.4. The van der Waals surface area contributed by atoms with Gasteiger partial charge in [0.1, 0.15) is 11.6 Å². The molecule has 0 saturated heterocycles. The minimum absolute atomic E-state index is 0.304. The third kappa shape index (κ3) is 2.78. The highest BCUT2D eigenvalue weighted by atomic mass is 19.1. The number of aromatic nitrogens is 1. The predicted molar refractivity (Wildman–Crippen MR) is 62.7 cm³/mol. The highest BCUT2D eigenvalue weighted by Crippen LogP contribution is 2.14. The summed E-state index contributed by atoms with van der Waals surface area (Å²) in [6.45, 7) is 2.17. The van der Waals surface area contributed by atoms with Crippen molar-refractivity contribution >= 4 is 5.69 Å². The van der Waals surface area contributed by atoms with Crippen LogP contribution < -0.4 is 5.32 Å². The summed E-state index contributed by atoms with van der Waals surface area (Å²) in [5.74, 6) is -1.11. The molecule has 2 nitrogen and oxygen atoms in total. The summed E-state index contributed by atoms with van der Waals surface area (Å²) >= 11 is 0. The zero-order valence-corrected chi connectivity index (χ0v) is 9.37. The van der Waals surface area contributed by atoms with Crippen molar-refractivity contribution < 1.29 is 8.78 Å². The van der Waals surface area contributed by atoms with Gasteiger partial charge < -0.3 is 5.32 Å². The molecule has 0 aliphatic rings. The monoisotopic (exact) mass is 234 g/mol. The molecule has 2 rings (SSSR count). The average Bonchev–Trinajstić information content (AvgIpc) is 2.30. The van der Waals surface area contributed by atoms with Crippen LogP contribution in [0.2, 0.25) is 0 Å². The number of aryl methyl sites for hydroxylation is 1. The second kappa shape index (κ2) is 4.91. The Bertz CT molecular complexity index is 527. The van der Waals surface area contributed by atoms with E-state index in [2.05, 4.69) is 10.3 Å². The van der Waals surface area contributed by atoms with Gasteiger partial charge in [0.2, 0.25) is 0 Å². The Hall–Kier alpha value is -1.97. The first kappa shape index (κ1) is 11.5. The molecule has 0 spiro atoms. The first-order valence-corrected chi connectivity index (χ1v) is 5.26. The maximum Gasteiger partial charge on any atom is 0.131 e. The summed E-state index contributed by atoms with van der Waals surface area (Å²) in [5.41, 5.74) is 2.11. The Morgan fingerprint density at radius 3 is 2.76 bits per heavy atom. The van der Waals surface area contributed by atoms with Crippen LogP contribution in [0.3, 0.4) is 0 Å². The molecule has 0 fully saturated rings. The molecule has 0 unspecified atom stereocenters. The first-order valence-electron chi connectivity index (χ1n) is 5.26. The lowest BCUT2D eigenvalue weighted by atomic mass is 10.2. The van der Waals surface area contributed by atoms with E-state index in [1.54, 1.807) is 12.3 Å². The van der Waals surface area contributed by atoms with Crippen molar-refractivity contribution in [2.24, 2.45) is 0 Å². The molecule has 2 aromatic rings. The van der Waals surface area contributed by atoms with Crippen LogP contribution in [0.1, 0.15) is 11.3 Å². The van der Waals surface area contributed by atoms with Crippen LogP contribution in [0.25, 0.3) is 0 Å². The Labute approximate surface area is 98.3 Å². The number of nitrogens with zero attached hydrogens (tertiary/aromatic N) is 1. The van der Waals surface area contributed by atoms with Gasteiger partial charge in [-0.2, -0.15) is 0 Å². The van der Waals surface area contributed by atoms with Crippen molar-refractivity contribution in [2.75, 3.05) is 5.32 Å². The SMILES string of the molecule is Cc1ncccc1NCc1ccc(F)cc1F. The molecule has 17 heavy (non-hydrogen) atoms. The van der Waals surface area contributed by atoms with Gasteiger partial charge in [0.05, 0.1) is 11.4 Å². The van der Waals surface area contributed by atoms with Crippen LogP contribution in [0, 0.1) is 18.6 Å². The van der Waals surface area contributed by atoms with Crippen LogP contribution >= 0.6 is 0 Å². The van der Waals surface area contributed by atoms with E-state index < -0.39 is 11.6 Å². The molecule has 1 aromatic carbocycles. The van der Waals surface area contributed by atoms with Gasteiger partial charge in [0, 0.05) is 24.4 Å². The predicted octanol–water partition coefficient (Wildman–Crippen LogP) is 3.28. The van der Waals surface area contributed by atoms with Crippen molar-refractivity contribution in [3.05, 3.63) is 59.4 Å². The van der Waals surface area contributed by atoms with Crippen molar-refractivity contribution in [1.29, 1.82) is 0 Å². The normalized spacial score (nSPS) is 10.3. The van der Waals surface area contributed by atoms with Crippen LogP contribution in [-0.4, -0.2) is 4.98 Å². The Morgan fingerprint density at radius 1 is 1.24 bits per heavy atom. The average molecular weight is 234 g/mol. The number of pyridine rings is 1. The topological polar surface area (TPSA) is 24.9 Å². The van der Waals surface area contributed by atoms with Gasteiger partial charge >= 0.3 is 0 Å². The minimum atomic E-state index is -0.566. The molecule has 1 heterocycles. The third-order valence-corrected chi connectivity index (χ3v) is 2.49. The second-order valence-electron chi connectivity index (χ2n) is 3.73. The summed E-state index contributed by atoms with van der Waals surface area (Å²) in [6, 6.07) is 7.23. The molecular weight excluding hydrogens is 222 g/mol. The largest absolute Gasteiger partial charge is 0.379 e. The standard InChI is InChI=1S/C13H12F2N2/c1-9-13(3-2-6-16-9)17-8-10-4-5-11(14)7-12(10)15/h2-7,17H,8H2,1H3. The molecule has 1 aromatic heterocycles. The fourth-order valence-corrected chi connectivity index (χ4v) is 1.53. The van der Waals surface area contributed by atoms with Crippen molar-refractivity contribution in [3.63, 3.8) is 0 Å². The molecule has 4 heteroatoms.